The molecule has 0 spiro atoms. The van der Waals surface area contributed by atoms with Crippen LogP contribution >= 0.6 is 0 Å². The van der Waals surface area contributed by atoms with E-state index in [0.717, 1.165) is 0 Å². The molecule has 0 amide bonds. The molecule has 0 aromatic rings. The molecule has 0 aliphatic rings. The molecule has 4 heteroatoms. The molecule has 4 heavy (non-hydrogen) atoms. The minimum Gasteiger partial charge on any atom is -1.00 e. The first-order chi connectivity index (χ1) is 1.00. The first-order valence-corrected chi connectivity index (χ1v) is 0.612. The molecule has 0 saturated carbocycles. The van der Waals surface area contributed by atoms with E-state index in [1.807, 2.05) is 0 Å². The largest absolute Gasteiger partial charge is 2.00 e. The molecule has 0 heterocycles. The summed E-state index contributed by atoms with van der Waals surface area (Å²) in [6.45, 7) is 0. The number of hydrogen-bond donors (Lipinski definition) is 0. The summed E-state index contributed by atoms with van der Waals surface area (Å²) in [5, 5.41) is 0. The van der Waals surface area contributed by atoms with Crippen molar-refractivity contribution in [2.45, 2.75) is 0 Å². The monoisotopic (exact) mass is 78.0 g/mol. The van der Waals surface area contributed by atoms with Crippen molar-refractivity contribution < 1.29 is 27.6 Å². The molecule has 0 rings (SSSR count). The third-order valence-corrected chi connectivity index (χ3v) is 0. The molecule has 0 unspecified atom stereocenters. The first kappa shape index (κ1) is 18.2. The summed E-state index contributed by atoms with van der Waals surface area (Å²) in [6.07, 6.45) is 0. The second kappa shape index (κ2) is 26.3. The topological polar surface area (TPSA) is 17.1 Å². The van der Waals surface area contributed by atoms with Crippen molar-refractivity contribution in [2.24, 2.45) is 0 Å². The van der Waals surface area contributed by atoms with Gasteiger partial charge in [0.25, 0.3) is 0 Å². The Morgan fingerprint density at radius 2 is 1.50 bits per heavy atom. The molecule has 0 aliphatic heterocycles. The minimum atomic E-state index is 0. The second-order valence-electron chi connectivity index (χ2n) is 0. The Bertz CT molecular complexity index is 14.9. The van der Waals surface area contributed by atoms with Gasteiger partial charge in [-0.25, -0.2) is 0 Å². The maximum absolute atomic E-state index is 8.06. The second-order valence-corrected chi connectivity index (χ2v) is 0. The van der Waals surface area contributed by atoms with E-state index < -0.39 is 0 Å². The Kier molecular flexibility index (Phi) is 120. The van der Waals surface area contributed by atoms with Crippen LogP contribution in [0.15, 0.2) is 0 Å². The van der Waals surface area contributed by atoms with Crippen LogP contribution in [0.5, 0.6) is 0 Å². The van der Waals surface area contributed by atoms with Crippen molar-refractivity contribution in [3.05, 3.63) is 0 Å². The van der Waals surface area contributed by atoms with Crippen molar-refractivity contribution >= 4 is 33.2 Å². The van der Waals surface area contributed by atoms with E-state index in [9.17, 15) is 0 Å². The fourth-order valence-electron chi connectivity index (χ4n) is 0. The standard InChI is InChI=1S/Li.Mg.OSi.3H/c;;1-2;;;/q+1;+2;;3*-1. The predicted molar refractivity (Wildman–Crippen MR) is 15.5 cm³/mol. The summed E-state index contributed by atoms with van der Waals surface area (Å²) in [4.78, 5) is 0. The Hall–Kier alpha value is 1.38. The fourth-order valence-corrected chi connectivity index (χ4v) is 0. The molecule has 0 saturated heterocycles. The SMILES string of the molecule is O=[Si].[H-].[H-].[H-].[Li+].[Mg+2]. The van der Waals surface area contributed by atoms with Crippen molar-refractivity contribution in [1.82, 2.24) is 0 Å². The van der Waals surface area contributed by atoms with Gasteiger partial charge in [-0.3, -0.25) is 0 Å². The van der Waals surface area contributed by atoms with E-state index in [1.165, 1.54) is 0 Å². The van der Waals surface area contributed by atoms with E-state index in [2.05, 4.69) is 0 Å². The summed E-state index contributed by atoms with van der Waals surface area (Å²) >= 11 is 0. The van der Waals surface area contributed by atoms with Gasteiger partial charge in [-0.2, -0.15) is 0 Å². The Labute approximate surface area is 60.8 Å². The molecular weight excluding hydrogens is 75.3 g/mol. The van der Waals surface area contributed by atoms with E-state index >= 15 is 0 Å². The summed E-state index contributed by atoms with van der Waals surface area (Å²) in [7, 11) is 1.72. The number of rotatable bonds is 0. The van der Waals surface area contributed by atoms with E-state index in [1.54, 1.807) is 10.1 Å². The Balaban J connectivity index is -0.000000000500. The van der Waals surface area contributed by atoms with Gasteiger partial charge in [0.05, 0.1) is 0 Å². The summed E-state index contributed by atoms with van der Waals surface area (Å²) < 4.78 is 8.06. The van der Waals surface area contributed by atoms with Gasteiger partial charge in [-0.05, 0) is 0 Å². The van der Waals surface area contributed by atoms with Crippen LogP contribution in [0.1, 0.15) is 4.28 Å². The van der Waals surface area contributed by atoms with Gasteiger partial charge in [0.2, 0.25) is 0 Å². The van der Waals surface area contributed by atoms with E-state index in [-0.39, 0.29) is 46.2 Å². The Morgan fingerprint density at radius 3 is 1.50 bits per heavy atom. The van der Waals surface area contributed by atoms with Crippen LogP contribution in [0.4, 0.5) is 0 Å². The maximum Gasteiger partial charge on any atom is 2.00 e. The van der Waals surface area contributed by atoms with Crippen molar-refractivity contribution in [1.29, 1.82) is 0 Å². The molecule has 0 atom stereocenters. The molecule has 2 radical (unpaired) electrons. The van der Waals surface area contributed by atoms with Crippen LogP contribution in [0, 0.1) is 0 Å². The smallest absolute Gasteiger partial charge is 1.00 e. The summed E-state index contributed by atoms with van der Waals surface area (Å²) in [5.74, 6) is 0. The van der Waals surface area contributed by atoms with Crippen LogP contribution in [-0.4, -0.2) is 33.2 Å². The van der Waals surface area contributed by atoms with Crippen LogP contribution in [0.2, 0.25) is 0 Å². The zero-order valence-corrected chi connectivity index (χ0v) is 5.03. The summed E-state index contributed by atoms with van der Waals surface area (Å²) in [5.41, 5.74) is 0. The van der Waals surface area contributed by atoms with Gasteiger partial charge in [0.15, 0.2) is 0 Å². The van der Waals surface area contributed by atoms with Crippen LogP contribution < -0.4 is 18.9 Å². The van der Waals surface area contributed by atoms with E-state index in [0.29, 0.717) is 0 Å². The molecule has 0 fully saturated rings. The molecule has 0 aromatic heterocycles. The third-order valence-electron chi connectivity index (χ3n) is 0. The predicted octanol–water partition coefficient (Wildman–Crippen LogP) is -3.54. The van der Waals surface area contributed by atoms with Gasteiger partial charge < -0.3 is 8.74 Å². The Morgan fingerprint density at radius 1 is 1.50 bits per heavy atom. The van der Waals surface area contributed by atoms with Crippen molar-refractivity contribution in [2.75, 3.05) is 0 Å². The van der Waals surface area contributed by atoms with Crippen LogP contribution in [0.25, 0.3) is 0 Å². The van der Waals surface area contributed by atoms with Gasteiger partial charge in [0.1, 0.15) is 0 Å². The zero-order valence-electron chi connectivity index (χ0n) is 5.62. The zero-order chi connectivity index (χ0) is 2.00. The van der Waals surface area contributed by atoms with Crippen molar-refractivity contribution in [3.63, 3.8) is 0 Å². The molecular formula is H3LiMgOSi. The van der Waals surface area contributed by atoms with Crippen LogP contribution in [-0.2, 0) is 4.46 Å². The fraction of sp³-hybridized carbons (Fsp3) is 0. The van der Waals surface area contributed by atoms with Crippen LogP contribution in [0.3, 0.4) is 0 Å². The van der Waals surface area contributed by atoms with Gasteiger partial charge >= 0.3 is 52.0 Å². The first-order valence-electron chi connectivity index (χ1n) is 0.204. The van der Waals surface area contributed by atoms with Gasteiger partial charge in [0, 0.05) is 0 Å². The normalized spacial score (nSPS) is 1.00. The van der Waals surface area contributed by atoms with Gasteiger partial charge in [-0.1, -0.05) is 0 Å². The number of hydrogen-bond acceptors (Lipinski definition) is 1. The summed E-state index contributed by atoms with van der Waals surface area (Å²) in [6, 6.07) is 0. The third kappa shape index (κ3) is 10.1. The van der Waals surface area contributed by atoms with E-state index in [4.69, 9.17) is 4.46 Å². The quantitative estimate of drug-likeness (QED) is 0.274. The maximum atomic E-state index is 8.06. The minimum absolute atomic E-state index is 0. The molecule has 0 N–H and O–H groups in total. The molecule has 16 valence electrons. The molecule has 0 bridgehead atoms. The average Bonchev–Trinajstić information content (AvgIpc) is 1.00. The molecule has 1 nitrogen and oxygen atoms in total. The van der Waals surface area contributed by atoms with Crippen molar-refractivity contribution in [3.8, 4) is 0 Å². The molecule has 0 aromatic carbocycles. The average molecular weight is 78.4 g/mol. The van der Waals surface area contributed by atoms with Gasteiger partial charge in [-0.15, -0.1) is 0 Å². The molecule has 0 aliphatic carbocycles.